The summed E-state index contributed by atoms with van der Waals surface area (Å²) in [4.78, 5) is 18.0. The normalized spacial score (nSPS) is 11.4. The maximum atomic E-state index is 12.9. The van der Waals surface area contributed by atoms with Gasteiger partial charge in [-0.25, -0.2) is 4.98 Å². The SMILES string of the molecule is CC(C)(C)c1ccc(O)c(NC(=O)c2ccccc2SCc2cscn2)c1. The van der Waals surface area contributed by atoms with Gasteiger partial charge in [-0.05, 0) is 35.2 Å². The minimum absolute atomic E-state index is 0.0592. The van der Waals surface area contributed by atoms with Gasteiger partial charge >= 0.3 is 0 Å². The maximum Gasteiger partial charge on any atom is 0.256 e. The summed E-state index contributed by atoms with van der Waals surface area (Å²) in [5.74, 6) is 0.528. The summed E-state index contributed by atoms with van der Waals surface area (Å²) < 4.78 is 0. The number of anilines is 1. The zero-order valence-corrected chi connectivity index (χ0v) is 17.2. The molecular weight excluding hydrogens is 376 g/mol. The van der Waals surface area contributed by atoms with Crippen LogP contribution in [-0.4, -0.2) is 16.0 Å². The molecule has 0 aliphatic carbocycles. The molecule has 0 bridgehead atoms. The van der Waals surface area contributed by atoms with E-state index in [9.17, 15) is 9.90 Å². The van der Waals surface area contributed by atoms with E-state index in [4.69, 9.17) is 0 Å². The number of thioether (sulfide) groups is 1. The number of carbonyl (C=O) groups excluding carboxylic acids is 1. The van der Waals surface area contributed by atoms with Crippen molar-refractivity contribution in [3.8, 4) is 5.75 Å². The summed E-state index contributed by atoms with van der Waals surface area (Å²) >= 11 is 3.14. The topological polar surface area (TPSA) is 62.2 Å². The predicted octanol–water partition coefficient (Wildman–Crippen LogP) is 5.69. The lowest BCUT2D eigenvalue weighted by Gasteiger charge is -2.20. The van der Waals surface area contributed by atoms with Crippen molar-refractivity contribution >= 4 is 34.7 Å². The van der Waals surface area contributed by atoms with Gasteiger partial charge in [0.15, 0.2) is 0 Å². The molecule has 2 N–H and O–H groups in total. The molecule has 0 aliphatic rings. The molecule has 2 aromatic carbocycles. The molecule has 4 nitrogen and oxygen atoms in total. The molecule has 0 aliphatic heterocycles. The smallest absolute Gasteiger partial charge is 0.256 e. The zero-order valence-electron chi connectivity index (χ0n) is 15.5. The largest absolute Gasteiger partial charge is 0.506 e. The second kappa shape index (κ2) is 8.15. The third-order valence-corrected chi connectivity index (χ3v) is 5.84. The number of amides is 1. The Bertz CT molecular complexity index is 932. The third kappa shape index (κ3) is 4.90. The van der Waals surface area contributed by atoms with E-state index < -0.39 is 0 Å². The lowest BCUT2D eigenvalue weighted by atomic mass is 9.87. The first-order valence-corrected chi connectivity index (χ1v) is 10.5. The zero-order chi connectivity index (χ0) is 19.4. The van der Waals surface area contributed by atoms with Crippen molar-refractivity contribution in [2.45, 2.75) is 36.8 Å². The number of hydrogen-bond donors (Lipinski definition) is 2. The van der Waals surface area contributed by atoms with Gasteiger partial charge < -0.3 is 10.4 Å². The van der Waals surface area contributed by atoms with Crippen LogP contribution in [0.3, 0.4) is 0 Å². The van der Waals surface area contributed by atoms with Gasteiger partial charge in [0.05, 0.1) is 22.5 Å². The molecule has 6 heteroatoms. The molecule has 3 aromatic rings. The van der Waals surface area contributed by atoms with Gasteiger partial charge in [-0.1, -0.05) is 39.0 Å². The van der Waals surface area contributed by atoms with Crippen molar-refractivity contribution in [2.24, 2.45) is 0 Å². The number of hydrogen-bond acceptors (Lipinski definition) is 5. The predicted molar refractivity (Wildman–Crippen MR) is 113 cm³/mol. The van der Waals surface area contributed by atoms with E-state index in [1.54, 1.807) is 40.7 Å². The lowest BCUT2D eigenvalue weighted by molar-refractivity contribution is 0.102. The molecule has 27 heavy (non-hydrogen) atoms. The summed E-state index contributed by atoms with van der Waals surface area (Å²) in [5, 5.41) is 15.0. The highest BCUT2D eigenvalue weighted by Crippen LogP contribution is 2.32. The minimum Gasteiger partial charge on any atom is -0.506 e. The molecule has 1 heterocycles. The molecular formula is C21H22N2O2S2. The Morgan fingerprint density at radius 1 is 1.22 bits per heavy atom. The first-order valence-electron chi connectivity index (χ1n) is 8.58. The Morgan fingerprint density at radius 3 is 2.70 bits per heavy atom. The first-order chi connectivity index (χ1) is 12.8. The van der Waals surface area contributed by atoms with Crippen LogP contribution in [0, 0.1) is 0 Å². The molecule has 0 unspecified atom stereocenters. The van der Waals surface area contributed by atoms with E-state index in [-0.39, 0.29) is 17.1 Å². The van der Waals surface area contributed by atoms with Gasteiger partial charge in [0.25, 0.3) is 5.91 Å². The number of aromatic hydroxyl groups is 1. The highest BCUT2D eigenvalue weighted by atomic mass is 32.2. The van der Waals surface area contributed by atoms with Gasteiger partial charge in [-0.2, -0.15) is 0 Å². The van der Waals surface area contributed by atoms with Crippen molar-refractivity contribution in [1.82, 2.24) is 4.98 Å². The van der Waals surface area contributed by atoms with Crippen LogP contribution in [0.4, 0.5) is 5.69 Å². The van der Waals surface area contributed by atoms with E-state index in [0.29, 0.717) is 17.0 Å². The Morgan fingerprint density at radius 2 is 2.00 bits per heavy atom. The lowest BCUT2D eigenvalue weighted by Crippen LogP contribution is -2.15. The Balaban J connectivity index is 1.81. The summed E-state index contributed by atoms with van der Waals surface area (Å²) in [6, 6.07) is 12.8. The van der Waals surface area contributed by atoms with Crippen LogP contribution in [-0.2, 0) is 11.2 Å². The third-order valence-electron chi connectivity index (χ3n) is 4.10. The molecule has 1 amide bonds. The van der Waals surface area contributed by atoms with Crippen LogP contribution in [0.2, 0.25) is 0 Å². The van der Waals surface area contributed by atoms with Gasteiger partial charge in [0, 0.05) is 16.0 Å². The standard InChI is InChI=1S/C21H22N2O2S2/c1-21(2,3)14-8-9-18(24)17(10-14)23-20(25)16-6-4-5-7-19(16)27-12-15-11-26-13-22-15/h4-11,13,24H,12H2,1-3H3,(H,23,25). The Kier molecular flexibility index (Phi) is 5.87. The van der Waals surface area contributed by atoms with Crippen LogP contribution in [0.5, 0.6) is 5.75 Å². The van der Waals surface area contributed by atoms with Crippen LogP contribution in [0.25, 0.3) is 0 Å². The maximum absolute atomic E-state index is 12.9. The second-order valence-electron chi connectivity index (χ2n) is 7.20. The molecule has 1 aromatic heterocycles. The van der Waals surface area contributed by atoms with Crippen molar-refractivity contribution < 1.29 is 9.90 Å². The fourth-order valence-corrected chi connectivity index (χ4v) is 4.15. The number of phenolic OH excluding ortho intramolecular Hbond substituents is 1. The van der Waals surface area contributed by atoms with Crippen molar-refractivity contribution in [3.05, 3.63) is 70.2 Å². The molecule has 0 saturated carbocycles. The fourth-order valence-electron chi connectivity index (χ4n) is 2.53. The van der Waals surface area contributed by atoms with E-state index >= 15 is 0 Å². The average molecular weight is 399 g/mol. The van der Waals surface area contributed by atoms with Gasteiger partial charge in [0.2, 0.25) is 0 Å². The molecule has 0 radical (unpaired) electrons. The van der Waals surface area contributed by atoms with Crippen LogP contribution in [0.15, 0.2) is 58.3 Å². The van der Waals surface area contributed by atoms with Crippen molar-refractivity contribution in [1.29, 1.82) is 0 Å². The summed E-state index contributed by atoms with van der Waals surface area (Å²) in [5.41, 5.74) is 4.77. The quantitative estimate of drug-likeness (QED) is 0.428. The number of aromatic nitrogens is 1. The Hall–Kier alpha value is -2.31. The van der Waals surface area contributed by atoms with E-state index in [1.807, 2.05) is 35.7 Å². The van der Waals surface area contributed by atoms with Crippen LogP contribution in [0.1, 0.15) is 42.4 Å². The monoisotopic (exact) mass is 398 g/mol. The fraction of sp³-hybridized carbons (Fsp3) is 0.238. The number of rotatable bonds is 5. The molecule has 3 rings (SSSR count). The Labute approximate surface area is 167 Å². The van der Waals surface area contributed by atoms with Gasteiger partial charge in [0.1, 0.15) is 5.75 Å². The number of benzene rings is 2. The minimum atomic E-state index is -0.238. The first kappa shape index (κ1) is 19.5. The number of nitrogens with one attached hydrogen (secondary N) is 1. The molecule has 140 valence electrons. The average Bonchev–Trinajstić information content (AvgIpc) is 3.14. The summed E-state index contributed by atoms with van der Waals surface area (Å²) in [7, 11) is 0. The second-order valence-corrected chi connectivity index (χ2v) is 8.94. The molecule has 0 atom stereocenters. The van der Waals surface area contributed by atoms with Crippen LogP contribution < -0.4 is 5.32 Å². The summed E-state index contributed by atoms with van der Waals surface area (Å²) in [6.07, 6.45) is 0. The van der Waals surface area contributed by atoms with Crippen molar-refractivity contribution in [3.63, 3.8) is 0 Å². The number of phenols is 1. The van der Waals surface area contributed by atoms with Crippen molar-refractivity contribution in [2.75, 3.05) is 5.32 Å². The van der Waals surface area contributed by atoms with E-state index in [1.165, 1.54) is 0 Å². The number of thiazole rings is 1. The highest BCUT2D eigenvalue weighted by molar-refractivity contribution is 7.98. The van der Waals surface area contributed by atoms with Gasteiger partial charge in [-0.3, -0.25) is 4.79 Å². The molecule has 0 spiro atoms. The highest BCUT2D eigenvalue weighted by Gasteiger charge is 2.18. The van der Waals surface area contributed by atoms with E-state index in [2.05, 4.69) is 31.1 Å². The van der Waals surface area contributed by atoms with Crippen LogP contribution >= 0.6 is 23.1 Å². The molecule has 0 saturated heterocycles. The molecule has 0 fully saturated rings. The van der Waals surface area contributed by atoms with Gasteiger partial charge in [-0.15, -0.1) is 23.1 Å². The number of nitrogens with zero attached hydrogens (tertiary/aromatic N) is 1. The van der Waals surface area contributed by atoms with E-state index in [0.717, 1.165) is 16.2 Å². The number of carbonyl (C=O) groups is 1. The summed E-state index contributed by atoms with van der Waals surface area (Å²) in [6.45, 7) is 6.28.